The van der Waals surface area contributed by atoms with E-state index in [2.05, 4.69) is 25.6 Å². The minimum absolute atomic E-state index is 0. The van der Waals surface area contributed by atoms with Crippen molar-refractivity contribution in [1.82, 2.24) is 24.2 Å². The number of nitrogens with one attached hydrogen (secondary N) is 2. The van der Waals surface area contributed by atoms with Crippen molar-refractivity contribution in [2.75, 3.05) is 48.0 Å². The van der Waals surface area contributed by atoms with Gasteiger partial charge < -0.3 is 15.5 Å². The highest BCUT2D eigenvalue weighted by Gasteiger charge is 2.25. The zero-order valence-electron chi connectivity index (χ0n) is 18.7. The van der Waals surface area contributed by atoms with E-state index in [-0.39, 0.29) is 18.4 Å². The molecule has 2 aromatic heterocycles. The van der Waals surface area contributed by atoms with Gasteiger partial charge in [0.1, 0.15) is 17.5 Å². The predicted octanol–water partition coefficient (Wildman–Crippen LogP) is 3.34. The maximum Gasteiger partial charge on any atom is 0.227 e. The van der Waals surface area contributed by atoms with E-state index in [0.29, 0.717) is 54.6 Å². The summed E-state index contributed by atoms with van der Waals surface area (Å²) in [7, 11) is -3.21. The van der Waals surface area contributed by atoms with Gasteiger partial charge >= 0.3 is 0 Å². The largest absolute Gasteiger partial charge is 0.354 e. The van der Waals surface area contributed by atoms with Gasteiger partial charge in [0.15, 0.2) is 0 Å². The minimum atomic E-state index is -3.21. The Bertz CT molecular complexity index is 1190. The van der Waals surface area contributed by atoms with Crippen molar-refractivity contribution < 1.29 is 8.42 Å². The molecule has 1 fully saturated rings. The number of benzene rings is 1. The van der Waals surface area contributed by atoms with Crippen LogP contribution in [0, 0.1) is 0 Å². The van der Waals surface area contributed by atoms with Crippen molar-refractivity contribution >= 4 is 57.4 Å². The molecule has 1 atom stereocenters. The quantitative estimate of drug-likeness (QED) is 0.479. The molecule has 0 spiro atoms. The fourth-order valence-electron chi connectivity index (χ4n) is 3.50. The highest BCUT2D eigenvalue weighted by Crippen LogP contribution is 2.25. The van der Waals surface area contributed by atoms with E-state index < -0.39 is 10.0 Å². The third kappa shape index (κ3) is 6.66. The molecular formula is C21H26Cl2N8O2S. The van der Waals surface area contributed by atoms with E-state index in [0.717, 1.165) is 5.56 Å². The zero-order chi connectivity index (χ0) is 23.4. The van der Waals surface area contributed by atoms with Crippen LogP contribution in [-0.4, -0.2) is 65.1 Å². The molecule has 10 nitrogen and oxygen atoms in total. The Balaban J connectivity index is 0.00000324. The number of aromatic nitrogens is 4. The highest BCUT2D eigenvalue weighted by atomic mass is 35.5. The van der Waals surface area contributed by atoms with Crippen molar-refractivity contribution in [2.24, 2.45) is 0 Å². The topological polar surface area (TPSA) is 116 Å². The fraction of sp³-hybridized carbons (Fsp3) is 0.333. The van der Waals surface area contributed by atoms with E-state index in [4.69, 9.17) is 16.6 Å². The molecule has 0 saturated carbocycles. The van der Waals surface area contributed by atoms with Gasteiger partial charge in [0.05, 0.1) is 18.5 Å². The van der Waals surface area contributed by atoms with Gasteiger partial charge in [-0.3, -0.25) is 4.98 Å². The molecule has 3 aromatic rings. The first-order valence-corrected chi connectivity index (χ1v) is 12.6. The van der Waals surface area contributed by atoms with Crippen LogP contribution in [0.15, 0.2) is 48.9 Å². The molecule has 13 heteroatoms. The van der Waals surface area contributed by atoms with Gasteiger partial charge in [-0.05, 0) is 24.6 Å². The molecule has 182 valence electrons. The minimum Gasteiger partial charge on any atom is -0.354 e. The van der Waals surface area contributed by atoms with Crippen LogP contribution in [0.25, 0.3) is 0 Å². The molecule has 34 heavy (non-hydrogen) atoms. The van der Waals surface area contributed by atoms with Crippen LogP contribution in [0.4, 0.5) is 23.4 Å². The summed E-state index contributed by atoms with van der Waals surface area (Å²) < 4.78 is 25.2. The van der Waals surface area contributed by atoms with Gasteiger partial charge in [-0.25, -0.2) is 13.4 Å². The van der Waals surface area contributed by atoms with Crippen LogP contribution < -0.4 is 15.5 Å². The van der Waals surface area contributed by atoms with Gasteiger partial charge in [-0.15, -0.1) is 12.4 Å². The number of hydrogen-bond donors (Lipinski definition) is 2. The smallest absolute Gasteiger partial charge is 0.227 e. The lowest BCUT2D eigenvalue weighted by Gasteiger charge is -2.34. The number of hydrogen-bond acceptors (Lipinski definition) is 9. The summed E-state index contributed by atoms with van der Waals surface area (Å²) in [6, 6.07) is 9.34. The number of halogens is 2. The monoisotopic (exact) mass is 524 g/mol. The van der Waals surface area contributed by atoms with Crippen molar-refractivity contribution in [3.8, 4) is 0 Å². The number of piperazine rings is 1. The van der Waals surface area contributed by atoms with E-state index in [9.17, 15) is 8.42 Å². The van der Waals surface area contributed by atoms with Gasteiger partial charge in [-0.2, -0.15) is 14.3 Å². The van der Waals surface area contributed by atoms with Gasteiger partial charge in [-0.1, -0.05) is 23.7 Å². The number of sulfonamides is 1. The first kappa shape index (κ1) is 25.9. The van der Waals surface area contributed by atoms with E-state index in [1.54, 1.807) is 18.6 Å². The van der Waals surface area contributed by atoms with Crippen LogP contribution in [0.3, 0.4) is 0 Å². The summed E-state index contributed by atoms with van der Waals surface area (Å²) in [4.78, 5) is 19.7. The highest BCUT2D eigenvalue weighted by molar-refractivity contribution is 7.88. The standard InChI is InChI=1S/C21H25ClN8O2S.ClH/c1-15(16-3-5-17(22)6-4-16)25-21-27-18(26-19-14-23-7-8-24-19)13-20(28-21)29-9-11-30(12-10-29)33(2,31)32;/h3-8,13-15H,9-12H2,1-2H3,(H2,24,25,26,27,28);1H/t15-;/m0./s1. The molecule has 0 amide bonds. The molecule has 1 aromatic carbocycles. The summed E-state index contributed by atoms with van der Waals surface area (Å²) in [5, 5.41) is 7.18. The van der Waals surface area contributed by atoms with Crippen LogP contribution in [-0.2, 0) is 10.0 Å². The average Bonchev–Trinajstić information content (AvgIpc) is 2.79. The lowest BCUT2D eigenvalue weighted by molar-refractivity contribution is 0.387. The number of rotatable bonds is 7. The van der Waals surface area contributed by atoms with Gasteiger partial charge in [0, 0.05) is 49.7 Å². The summed E-state index contributed by atoms with van der Waals surface area (Å²) in [5.74, 6) is 2.24. The van der Waals surface area contributed by atoms with Gasteiger partial charge in [0.2, 0.25) is 16.0 Å². The third-order valence-corrected chi connectivity index (χ3v) is 6.83. The second kappa shape index (κ2) is 11.1. The number of anilines is 4. The zero-order valence-corrected chi connectivity index (χ0v) is 21.1. The molecule has 4 rings (SSSR count). The Labute approximate surface area is 210 Å². The van der Waals surface area contributed by atoms with E-state index in [1.165, 1.54) is 10.6 Å². The molecule has 0 aliphatic carbocycles. The van der Waals surface area contributed by atoms with Crippen molar-refractivity contribution in [3.05, 3.63) is 59.5 Å². The Morgan fingerprint density at radius 3 is 2.35 bits per heavy atom. The maximum atomic E-state index is 11.9. The van der Waals surface area contributed by atoms with E-state index >= 15 is 0 Å². The normalized spacial score (nSPS) is 15.3. The Kier molecular flexibility index (Phi) is 8.47. The molecule has 0 unspecified atom stereocenters. The summed E-state index contributed by atoms with van der Waals surface area (Å²) in [5.41, 5.74) is 1.04. The lowest BCUT2D eigenvalue weighted by atomic mass is 10.1. The van der Waals surface area contributed by atoms with Crippen molar-refractivity contribution in [3.63, 3.8) is 0 Å². The van der Waals surface area contributed by atoms with E-state index in [1.807, 2.05) is 42.2 Å². The lowest BCUT2D eigenvalue weighted by Crippen LogP contribution is -2.48. The average molecular weight is 525 g/mol. The molecule has 1 aliphatic rings. The number of nitrogens with zero attached hydrogens (tertiary/aromatic N) is 6. The summed E-state index contributed by atoms with van der Waals surface area (Å²) in [6.45, 7) is 3.88. The van der Waals surface area contributed by atoms with Gasteiger partial charge in [0.25, 0.3) is 0 Å². The maximum absolute atomic E-state index is 11.9. The van der Waals surface area contributed by atoms with Crippen LogP contribution in [0.2, 0.25) is 5.02 Å². The SMILES string of the molecule is C[C@H](Nc1nc(Nc2cnccn2)cc(N2CCN(S(C)(=O)=O)CC2)n1)c1ccc(Cl)cc1.Cl. The van der Waals surface area contributed by atoms with Crippen LogP contribution in [0.5, 0.6) is 0 Å². The molecule has 0 radical (unpaired) electrons. The second-order valence-corrected chi connectivity index (χ2v) is 10.1. The van der Waals surface area contributed by atoms with Crippen molar-refractivity contribution in [1.29, 1.82) is 0 Å². The Morgan fingerprint density at radius 2 is 1.74 bits per heavy atom. The molecule has 1 aliphatic heterocycles. The first-order chi connectivity index (χ1) is 15.8. The molecule has 0 bridgehead atoms. The molecule has 3 heterocycles. The Hall–Kier alpha value is -2.73. The molecular weight excluding hydrogens is 499 g/mol. The summed E-state index contributed by atoms with van der Waals surface area (Å²) in [6.07, 6.45) is 6.03. The van der Waals surface area contributed by atoms with Crippen LogP contribution in [0.1, 0.15) is 18.5 Å². The predicted molar refractivity (Wildman–Crippen MR) is 137 cm³/mol. The second-order valence-electron chi connectivity index (χ2n) is 7.72. The summed E-state index contributed by atoms with van der Waals surface area (Å²) >= 11 is 6.01. The molecule has 2 N–H and O–H groups in total. The first-order valence-electron chi connectivity index (χ1n) is 10.4. The Morgan fingerprint density at radius 1 is 1.03 bits per heavy atom. The third-order valence-electron chi connectivity index (χ3n) is 5.28. The van der Waals surface area contributed by atoms with Crippen LogP contribution >= 0.6 is 24.0 Å². The molecule has 1 saturated heterocycles. The fourth-order valence-corrected chi connectivity index (χ4v) is 4.45. The van der Waals surface area contributed by atoms with Crippen molar-refractivity contribution in [2.45, 2.75) is 13.0 Å².